The zero-order valence-electron chi connectivity index (χ0n) is 14.1. The van der Waals surface area contributed by atoms with Crippen LogP contribution in [0.15, 0.2) is 59.9 Å². The number of fused-ring (bicyclic) bond motifs is 1. The average molecular weight is 352 g/mol. The normalized spacial score (nSPS) is 18.4. The highest BCUT2D eigenvalue weighted by molar-refractivity contribution is 8.03. The van der Waals surface area contributed by atoms with Crippen molar-refractivity contribution in [3.8, 4) is 11.1 Å². The van der Waals surface area contributed by atoms with E-state index >= 15 is 0 Å². The van der Waals surface area contributed by atoms with Gasteiger partial charge in [-0.05, 0) is 25.7 Å². The number of hydrogen-bond donors (Lipinski definition) is 3. The molecular formula is C19H20N4OS. The van der Waals surface area contributed by atoms with E-state index in [1.165, 1.54) is 0 Å². The first-order valence-corrected chi connectivity index (χ1v) is 9.01. The predicted molar refractivity (Wildman–Crippen MR) is 103 cm³/mol. The molecule has 3 aromatic rings. The van der Waals surface area contributed by atoms with E-state index in [2.05, 4.69) is 33.5 Å². The molecule has 0 radical (unpaired) electrons. The fraction of sp³-hybridized carbons (Fsp3) is 0.211. The molecule has 0 spiro atoms. The van der Waals surface area contributed by atoms with Crippen molar-refractivity contribution < 1.29 is 5.11 Å². The van der Waals surface area contributed by atoms with E-state index in [9.17, 15) is 5.11 Å². The van der Waals surface area contributed by atoms with Crippen LogP contribution in [-0.2, 0) is 0 Å². The van der Waals surface area contributed by atoms with Gasteiger partial charge in [0.25, 0.3) is 0 Å². The summed E-state index contributed by atoms with van der Waals surface area (Å²) in [5.41, 5.74) is 4.26. The number of rotatable bonds is 4. The highest BCUT2D eigenvalue weighted by atomic mass is 32.2. The van der Waals surface area contributed by atoms with Gasteiger partial charge in [0.1, 0.15) is 17.2 Å². The van der Waals surface area contributed by atoms with Crippen LogP contribution >= 0.6 is 11.8 Å². The van der Waals surface area contributed by atoms with Gasteiger partial charge < -0.3 is 15.4 Å². The van der Waals surface area contributed by atoms with Gasteiger partial charge in [0.05, 0.1) is 0 Å². The first-order chi connectivity index (χ1) is 12.1. The van der Waals surface area contributed by atoms with Gasteiger partial charge in [0, 0.05) is 40.0 Å². The van der Waals surface area contributed by atoms with Crippen LogP contribution in [0, 0.1) is 0 Å². The lowest BCUT2D eigenvalue weighted by molar-refractivity contribution is 0.0803. The minimum atomic E-state index is -0.592. The van der Waals surface area contributed by atoms with Crippen molar-refractivity contribution in [3.63, 3.8) is 0 Å². The molecule has 0 aliphatic carbocycles. The standard InChI is InChI=1S/C19H20N4OS/c1-23(2)19(24)16-11-22-18(25-16)15-10-21-17-14(15)8-13(9-20-17)12-6-4-3-5-7-12/h3-11,18-19,22,24H,1-2H3,(H,20,21). The fourth-order valence-corrected chi connectivity index (χ4v) is 4.13. The quantitative estimate of drug-likeness (QED) is 0.629. The summed E-state index contributed by atoms with van der Waals surface area (Å²) in [7, 11) is 3.72. The summed E-state index contributed by atoms with van der Waals surface area (Å²) in [6.45, 7) is 0. The average Bonchev–Trinajstić information content (AvgIpc) is 3.27. The Kier molecular flexibility index (Phi) is 4.25. The Balaban J connectivity index is 1.65. The zero-order chi connectivity index (χ0) is 17.4. The lowest BCUT2D eigenvalue weighted by Crippen LogP contribution is -2.27. The van der Waals surface area contributed by atoms with Crippen molar-refractivity contribution in [1.29, 1.82) is 0 Å². The number of pyridine rings is 1. The summed E-state index contributed by atoms with van der Waals surface area (Å²) in [5.74, 6) is 0. The minimum absolute atomic E-state index is 0.0613. The molecule has 0 amide bonds. The van der Waals surface area contributed by atoms with E-state index in [1.54, 1.807) is 16.7 Å². The van der Waals surface area contributed by atoms with Gasteiger partial charge in [0.2, 0.25) is 0 Å². The Morgan fingerprint density at radius 2 is 2.00 bits per heavy atom. The molecule has 3 heterocycles. The van der Waals surface area contributed by atoms with E-state index in [4.69, 9.17) is 0 Å². The third kappa shape index (κ3) is 3.04. The van der Waals surface area contributed by atoms with Crippen LogP contribution in [0.1, 0.15) is 10.9 Å². The number of nitrogens with one attached hydrogen (secondary N) is 2. The van der Waals surface area contributed by atoms with Gasteiger partial charge in [0.15, 0.2) is 0 Å². The second-order valence-electron chi connectivity index (χ2n) is 6.28. The van der Waals surface area contributed by atoms with Crippen molar-refractivity contribution in [3.05, 3.63) is 65.5 Å². The molecule has 1 aromatic carbocycles. The maximum absolute atomic E-state index is 10.2. The number of thioether (sulfide) groups is 1. The molecule has 0 fully saturated rings. The summed E-state index contributed by atoms with van der Waals surface area (Å²) in [6.07, 6.45) is 5.20. The lowest BCUT2D eigenvalue weighted by atomic mass is 10.1. The maximum atomic E-state index is 10.2. The number of likely N-dealkylation sites (N-methyl/N-ethyl adjacent to an activating group) is 1. The van der Waals surface area contributed by atoms with Gasteiger partial charge in [-0.15, -0.1) is 0 Å². The molecule has 0 saturated carbocycles. The lowest BCUT2D eigenvalue weighted by Gasteiger charge is -2.19. The predicted octanol–water partition coefficient (Wildman–Crippen LogP) is 3.29. The largest absolute Gasteiger partial charge is 0.374 e. The van der Waals surface area contributed by atoms with Crippen LogP contribution in [-0.4, -0.2) is 40.3 Å². The van der Waals surface area contributed by atoms with Crippen molar-refractivity contribution in [2.24, 2.45) is 0 Å². The minimum Gasteiger partial charge on any atom is -0.374 e. The van der Waals surface area contributed by atoms with Crippen LogP contribution < -0.4 is 5.32 Å². The number of aromatic amines is 1. The maximum Gasteiger partial charge on any atom is 0.140 e. The molecule has 0 bridgehead atoms. The first-order valence-electron chi connectivity index (χ1n) is 8.13. The first kappa shape index (κ1) is 16.2. The van der Waals surface area contributed by atoms with Gasteiger partial charge in [-0.2, -0.15) is 0 Å². The molecule has 0 saturated heterocycles. The van der Waals surface area contributed by atoms with E-state index in [-0.39, 0.29) is 5.37 Å². The second-order valence-corrected chi connectivity index (χ2v) is 7.46. The monoisotopic (exact) mass is 352 g/mol. The number of aromatic nitrogens is 2. The van der Waals surface area contributed by atoms with Crippen LogP contribution in [0.4, 0.5) is 0 Å². The molecule has 25 heavy (non-hydrogen) atoms. The van der Waals surface area contributed by atoms with Gasteiger partial charge in [-0.1, -0.05) is 42.1 Å². The van der Waals surface area contributed by atoms with Crippen molar-refractivity contribution in [2.75, 3.05) is 14.1 Å². The molecule has 128 valence electrons. The third-order valence-corrected chi connectivity index (χ3v) is 5.55. The number of H-pyrrole nitrogens is 1. The van der Waals surface area contributed by atoms with E-state index in [1.807, 2.05) is 50.9 Å². The number of nitrogens with zero attached hydrogens (tertiary/aromatic N) is 2. The van der Waals surface area contributed by atoms with Crippen molar-refractivity contribution in [1.82, 2.24) is 20.2 Å². The Hall–Kier alpha value is -2.28. The summed E-state index contributed by atoms with van der Waals surface area (Å²) < 4.78 is 0. The van der Waals surface area contributed by atoms with Crippen LogP contribution in [0.25, 0.3) is 22.2 Å². The Morgan fingerprint density at radius 1 is 1.20 bits per heavy atom. The number of hydrogen-bond acceptors (Lipinski definition) is 5. The second kappa shape index (κ2) is 6.55. The zero-order valence-corrected chi connectivity index (χ0v) is 14.9. The molecule has 6 heteroatoms. The van der Waals surface area contributed by atoms with Gasteiger partial charge >= 0.3 is 0 Å². The molecule has 2 unspecified atom stereocenters. The molecular weight excluding hydrogens is 332 g/mol. The summed E-state index contributed by atoms with van der Waals surface area (Å²) in [4.78, 5) is 10.5. The van der Waals surface area contributed by atoms with Gasteiger partial charge in [-0.3, -0.25) is 4.90 Å². The topological polar surface area (TPSA) is 64.2 Å². The molecule has 5 nitrogen and oxygen atoms in total. The molecule has 1 aliphatic heterocycles. The van der Waals surface area contributed by atoms with Crippen LogP contribution in [0.3, 0.4) is 0 Å². The number of benzene rings is 1. The van der Waals surface area contributed by atoms with Gasteiger partial charge in [-0.25, -0.2) is 4.98 Å². The van der Waals surface area contributed by atoms with Crippen LogP contribution in [0.2, 0.25) is 0 Å². The van der Waals surface area contributed by atoms with Crippen LogP contribution in [0.5, 0.6) is 0 Å². The molecule has 2 aromatic heterocycles. The molecule has 4 rings (SSSR count). The van der Waals surface area contributed by atoms with Crippen molar-refractivity contribution >= 4 is 22.8 Å². The van der Waals surface area contributed by atoms with E-state index < -0.39 is 6.23 Å². The molecule has 1 aliphatic rings. The smallest absolute Gasteiger partial charge is 0.140 e. The van der Waals surface area contributed by atoms with E-state index in [0.717, 1.165) is 32.6 Å². The molecule has 3 N–H and O–H groups in total. The molecule has 2 atom stereocenters. The highest BCUT2D eigenvalue weighted by Crippen LogP contribution is 2.41. The summed E-state index contributed by atoms with van der Waals surface area (Å²) in [5, 5.41) is 14.7. The fourth-order valence-electron chi connectivity index (χ4n) is 2.93. The Morgan fingerprint density at radius 3 is 2.76 bits per heavy atom. The number of aliphatic hydroxyl groups excluding tert-OH is 1. The third-order valence-electron chi connectivity index (χ3n) is 4.33. The SMILES string of the molecule is CN(C)C(O)C1=CNC(c2c[nH]c3ncc(-c4ccccc4)cc23)S1. The Bertz CT molecular complexity index is 920. The highest BCUT2D eigenvalue weighted by Gasteiger charge is 2.27. The van der Waals surface area contributed by atoms with E-state index in [0.29, 0.717) is 0 Å². The van der Waals surface area contributed by atoms with Crippen molar-refractivity contribution in [2.45, 2.75) is 11.6 Å². The Labute approximate surface area is 150 Å². The number of aliphatic hydroxyl groups is 1. The summed E-state index contributed by atoms with van der Waals surface area (Å²) >= 11 is 1.63. The summed E-state index contributed by atoms with van der Waals surface area (Å²) in [6, 6.07) is 12.4.